The van der Waals surface area contributed by atoms with Gasteiger partial charge in [-0.15, -0.1) is 0 Å². The minimum Gasteiger partial charge on any atom is -0.326 e. The van der Waals surface area contributed by atoms with Gasteiger partial charge in [0.2, 0.25) is 5.91 Å². The quantitative estimate of drug-likeness (QED) is 0.468. The van der Waals surface area contributed by atoms with Crippen LogP contribution in [0, 0.1) is 11.7 Å². The van der Waals surface area contributed by atoms with Crippen LogP contribution in [0.4, 0.5) is 23.2 Å². The third-order valence-corrected chi connectivity index (χ3v) is 6.00. The van der Waals surface area contributed by atoms with Gasteiger partial charge in [0, 0.05) is 23.7 Å². The van der Waals surface area contributed by atoms with Crippen LogP contribution in [0.15, 0.2) is 54.7 Å². The van der Waals surface area contributed by atoms with E-state index in [1.165, 1.54) is 36.5 Å². The summed E-state index contributed by atoms with van der Waals surface area (Å²) >= 11 is 0. The zero-order chi connectivity index (χ0) is 22.0. The van der Waals surface area contributed by atoms with Crippen molar-refractivity contribution < 1.29 is 22.4 Å². The molecule has 162 valence electrons. The molecular weight excluding hydrogens is 408 g/mol. The molecule has 1 amide bonds. The predicted octanol–water partition coefficient (Wildman–Crippen LogP) is 6.70. The van der Waals surface area contributed by atoms with E-state index in [2.05, 4.69) is 10.3 Å². The highest BCUT2D eigenvalue weighted by Gasteiger charge is 2.34. The largest absolute Gasteiger partial charge is 0.418 e. The second-order valence-electron chi connectivity index (χ2n) is 8.08. The highest BCUT2D eigenvalue weighted by Crippen LogP contribution is 2.41. The first-order valence-electron chi connectivity index (χ1n) is 10.3. The predicted molar refractivity (Wildman–Crippen MR) is 111 cm³/mol. The number of hydrogen-bond acceptors (Lipinski definition) is 2. The summed E-state index contributed by atoms with van der Waals surface area (Å²) in [6.07, 6.45) is 0.650. The number of halogens is 4. The van der Waals surface area contributed by atoms with E-state index in [1.807, 2.05) is 6.07 Å². The Morgan fingerprint density at radius 2 is 1.71 bits per heavy atom. The van der Waals surface area contributed by atoms with Gasteiger partial charge in [-0.25, -0.2) is 4.39 Å². The van der Waals surface area contributed by atoms with Crippen LogP contribution in [0.1, 0.15) is 49.1 Å². The molecule has 0 aliphatic heterocycles. The molecule has 2 aromatic carbocycles. The van der Waals surface area contributed by atoms with Crippen molar-refractivity contribution in [1.82, 2.24) is 4.98 Å². The first-order chi connectivity index (χ1) is 14.8. The van der Waals surface area contributed by atoms with Gasteiger partial charge in [0.25, 0.3) is 0 Å². The lowest BCUT2D eigenvalue weighted by Crippen LogP contribution is -2.20. The minimum absolute atomic E-state index is 0.00620. The van der Waals surface area contributed by atoms with Gasteiger partial charge >= 0.3 is 6.18 Å². The van der Waals surface area contributed by atoms with Crippen molar-refractivity contribution in [2.24, 2.45) is 5.92 Å². The summed E-state index contributed by atoms with van der Waals surface area (Å²) in [6, 6.07) is 11.7. The molecule has 1 saturated carbocycles. The Kier molecular flexibility index (Phi) is 5.94. The van der Waals surface area contributed by atoms with Crippen molar-refractivity contribution in [3.8, 4) is 0 Å². The van der Waals surface area contributed by atoms with E-state index in [0.717, 1.165) is 37.3 Å². The summed E-state index contributed by atoms with van der Waals surface area (Å²) < 4.78 is 53.0. The van der Waals surface area contributed by atoms with Crippen LogP contribution in [-0.2, 0) is 11.0 Å². The number of amides is 1. The molecule has 1 aliphatic carbocycles. The molecular formula is C24H22F4N2O. The summed E-state index contributed by atoms with van der Waals surface area (Å²) in [5, 5.41) is 3.33. The smallest absolute Gasteiger partial charge is 0.326 e. The normalized spacial score (nSPS) is 19.4. The SMILES string of the molecule is O=C(CC1CCC(c2ccnc3c(C(F)(F)F)cccc23)CC1)Nc1ccc(F)cc1. The Hall–Kier alpha value is -2.96. The number of nitrogens with zero attached hydrogens (tertiary/aromatic N) is 1. The summed E-state index contributed by atoms with van der Waals surface area (Å²) in [5.41, 5.74) is 0.737. The average molecular weight is 430 g/mol. The van der Waals surface area contributed by atoms with Crippen molar-refractivity contribution in [2.75, 3.05) is 5.32 Å². The highest BCUT2D eigenvalue weighted by atomic mass is 19.4. The van der Waals surface area contributed by atoms with Crippen molar-refractivity contribution in [2.45, 2.75) is 44.2 Å². The number of benzene rings is 2. The molecule has 1 aromatic heterocycles. The number of pyridine rings is 1. The van der Waals surface area contributed by atoms with Crippen molar-refractivity contribution >= 4 is 22.5 Å². The first-order valence-corrected chi connectivity index (χ1v) is 10.3. The van der Waals surface area contributed by atoms with Crippen molar-refractivity contribution in [1.29, 1.82) is 0 Å². The number of carbonyl (C=O) groups excluding carboxylic acids is 1. The van der Waals surface area contributed by atoms with Gasteiger partial charge in [-0.05, 0) is 79.5 Å². The van der Waals surface area contributed by atoms with Crippen LogP contribution in [-0.4, -0.2) is 10.9 Å². The standard InChI is InChI=1S/C24H22F4N2O/c25-17-8-10-18(11-9-17)30-22(31)14-15-4-6-16(7-5-15)19-12-13-29-23-20(19)2-1-3-21(23)24(26,27)28/h1-3,8-13,15-16H,4-7,14H2,(H,30,31). The van der Waals surface area contributed by atoms with Crippen molar-refractivity contribution in [3.05, 3.63) is 71.7 Å². The molecule has 0 radical (unpaired) electrons. The number of fused-ring (bicyclic) bond motifs is 1. The van der Waals surface area contributed by atoms with Gasteiger partial charge in [-0.3, -0.25) is 9.78 Å². The van der Waals surface area contributed by atoms with Crippen LogP contribution < -0.4 is 5.32 Å². The summed E-state index contributed by atoms with van der Waals surface area (Å²) in [6.45, 7) is 0. The van der Waals surface area contributed by atoms with E-state index in [0.29, 0.717) is 17.5 Å². The molecule has 7 heteroatoms. The van der Waals surface area contributed by atoms with Crippen LogP contribution in [0.5, 0.6) is 0 Å². The maximum atomic E-state index is 13.3. The van der Waals surface area contributed by atoms with Crippen LogP contribution >= 0.6 is 0 Å². The Labute approximate surface area is 177 Å². The molecule has 0 bridgehead atoms. The topological polar surface area (TPSA) is 42.0 Å². The summed E-state index contributed by atoms with van der Waals surface area (Å²) in [7, 11) is 0. The fourth-order valence-corrected chi connectivity index (χ4v) is 4.47. The van der Waals surface area contributed by atoms with E-state index < -0.39 is 11.7 Å². The molecule has 0 unspecified atom stereocenters. The minimum atomic E-state index is -4.44. The fraction of sp³-hybridized carbons (Fsp3) is 0.333. The Morgan fingerprint density at radius 3 is 2.39 bits per heavy atom. The van der Waals surface area contributed by atoms with Gasteiger partial charge in [0.05, 0.1) is 11.1 Å². The summed E-state index contributed by atoms with van der Waals surface area (Å²) in [5.74, 6) is -0.109. The van der Waals surface area contributed by atoms with Crippen LogP contribution in [0.25, 0.3) is 10.9 Å². The zero-order valence-electron chi connectivity index (χ0n) is 16.8. The van der Waals surface area contributed by atoms with E-state index in [-0.39, 0.29) is 29.1 Å². The number of rotatable bonds is 4. The first kappa shape index (κ1) is 21.3. The van der Waals surface area contributed by atoms with Crippen LogP contribution in [0.3, 0.4) is 0 Å². The lowest BCUT2D eigenvalue weighted by Gasteiger charge is -2.29. The molecule has 0 atom stereocenters. The van der Waals surface area contributed by atoms with Crippen molar-refractivity contribution in [3.63, 3.8) is 0 Å². The number of nitrogens with one attached hydrogen (secondary N) is 1. The number of alkyl halides is 3. The maximum absolute atomic E-state index is 13.3. The van der Waals surface area contributed by atoms with E-state index in [9.17, 15) is 22.4 Å². The average Bonchev–Trinajstić information content (AvgIpc) is 2.74. The molecule has 1 aliphatic rings. The molecule has 0 spiro atoms. The molecule has 1 heterocycles. The number of para-hydroxylation sites is 1. The number of anilines is 1. The molecule has 31 heavy (non-hydrogen) atoms. The molecule has 3 nitrogen and oxygen atoms in total. The van der Waals surface area contributed by atoms with Gasteiger partial charge in [-0.2, -0.15) is 13.2 Å². The lowest BCUT2D eigenvalue weighted by molar-refractivity contribution is -0.136. The highest BCUT2D eigenvalue weighted by molar-refractivity contribution is 5.90. The fourth-order valence-electron chi connectivity index (χ4n) is 4.47. The molecule has 1 fully saturated rings. The third-order valence-electron chi connectivity index (χ3n) is 6.00. The van der Waals surface area contributed by atoms with Gasteiger partial charge in [0.1, 0.15) is 5.82 Å². The second kappa shape index (κ2) is 8.65. The van der Waals surface area contributed by atoms with E-state index in [4.69, 9.17) is 0 Å². The Balaban J connectivity index is 1.41. The number of hydrogen-bond donors (Lipinski definition) is 1. The van der Waals surface area contributed by atoms with Gasteiger partial charge in [0.15, 0.2) is 0 Å². The Bertz CT molecular complexity index is 1070. The number of carbonyl (C=O) groups is 1. The summed E-state index contributed by atoms with van der Waals surface area (Å²) in [4.78, 5) is 16.3. The van der Waals surface area contributed by atoms with Gasteiger partial charge in [-0.1, -0.05) is 12.1 Å². The Morgan fingerprint density at radius 1 is 1.00 bits per heavy atom. The second-order valence-corrected chi connectivity index (χ2v) is 8.08. The van der Waals surface area contributed by atoms with E-state index >= 15 is 0 Å². The van der Waals surface area contributed by atoms with Crippen LogP contribution in [0.2, 0.25) is 0 Å². The lowest BCUT2D eigenvalue weighted by atomic mass is 9.76. The number of aromatic nitrogens is 1. The maximum Gasteiger partial charge on any atom is 0.418 e. The molecule has 0 saturated heterocycles. The van der Waals surface area contributed by atoms with E-state index in [1.54, 1.807) is 6.07 Å². The third kappa shape index (κ3) is 4.86. The van der Waals surface area contributed by atoms with Gasteiger partial charge < -0.3 is 5.32 Å². The molecule has 1 N–H and O–H groups in total. The molecule has 4 rings (SSSR count). The molecule has 3 aromatic rings. The monoisotopic (exact) mass is 430 g/mol. The zero-order valence-corrected chi connectivity index (χ0v) is 16.8.